The molecule has 0 amide bonds. The Kier molecular flexibility index (Phi) is 10.2. The van der Waals surface area contributed by atoms with Crippen molar-refractivity contribution in [3.05, 3.63) is 83.4 Å². The van der Waals surface area contributed by atoms with Crippen LogP contribution in [0.4, 0.5) is 4.39 Å². The number of methoxy groups -OCH3 is 1. The standard InChI is InChI=1S/C28H29FN2O5S2/c1-16-15-21(29)11-12-23(16)38-26(20-9-7-6-8-10-20)18(3)35-28(33)17(2)31-27(37)24-25(36-19(4)32)22(34-5)13-14-30-24/h6-15,17-18,26H,1-5H3,(H,31,37)/t17-,18-,26-/m0/s1. The van der Waals surface area contributed by atoms with E-state index in [2.05, 4.69) is 10.3 Å². The van der Waals surface area contributed by atoms with Gasteiger partial charge in [0, 0.05) is 24.1 Å². The van der Waals surface area contributed by atoms with Gasteiger partial charge in [0.05, 0.1) is 12.4 Å². The first-order valence-corrected chi connectivity index (χ1v) is 13.1. The first-order chi connectivity index (χ1) is 18.1. The van der Waals surface area contributed by atoms with Crippen LogP contribution in [0.15, 0.2) is 65.7 Å². The number of carbonyl (C=O) groups excluding carboxylic acids is 2. The quantitative estimate of drug-likeness (QED) is 0.195. The molecule has 0 aliphatic carbocycles. The molecule has 0 spiro atoms. The lowest BCUT2D eigenvalue weighted by Gasteiger charge is -2.26. The normalized spacial score (nSPS) is 13.1. The molecule has 1 aromatic heterocycles. The number of hydrogen-bond donors (Lipinski definition) is 1. The number of pyridine rings is 1. The van der Waals surface area contributed by atoms with Crippen LogP contribution in [0.1, 0.15) is 42.8 Å². The van der Waals surface area contributed by atoms with Crippen molar-refractivity contribution < 1.29 is 28.2 Å². The minimum Gasteiger partial charge on any atom is -0.493 e. The molecule has 3 atom stereocenters. The zero-order valence-electron chi connectivity index (χ0n) is 21.7. The minimum atomic E-state index is -0.836. The summed E-state index contributed by atoms with van der Waals surface area (Å²) < 4.78 is 30.0. The molecule has 0 bridgehead atoms. The number of aryl methyl sites for hydroxylation is 1. The van der Waals surface area contributed by atoms with Gasteiger partial charge in [-0.05, 0) is 50.1 Å². The number of thioether (sulfide) groups is 1. The molecular weight excluding hydrogens is 527 g/mol. The summed E-state index contributed by atoms with van der Waals surface area (Å²) in [5.41, 5.74) is 1.92. The lowest BCUT2D eigenvalue weighted by atomic mass is 10.1. The van der Waals surface area contributed by atoms with Crippen molar-refractivity contribution in [2.24, 2.45) is 0 Å². The van der Waals surface area contributed by atoms with Gasteiger partial charge < -0.3 is 19.5 Å². The van der Waals surface area contributed by atoms with E-state index in [4.69, 9.17) is 26.4 Å². The van der Waals surface area contributed by atoms with E-state index in [0.29, 0.717) is 0 Å². The summed E-state index contributed by atoms with van der Waals surface area (Å²) in [6.45, 7) is 6.52. The third-order valence-electron chi connectivity index (χ3n) is 5.50. The average molecular weight is 557 g/mol. The van der Waals surface area contributed by atoms with Crippen LogP contribution in [0.25, 0.3) is 0 Å². The number of ether oxygens (including phenoxy) is 3. The molecule has 7 nitrogen and oxygen atoms in total. The number of halogens is 1. The molecule has 3 aromatic rings. The van der Waals surface area contributed by atoms with Gasteiger partial charge in [0.15, 0.2) is 5.75 Å². The highest BCUT2D eigenvalue weighted by Gasteiger charge is 2.28. The molecule has 0 saturated carbocycles. The Morgan fingerprint density at radius 2 is 1.82 bits per heavy atom. The van der Waals surface area contributed by atoms with Gasteiger partial charge in [0.2, 0.25) is 5.75 Å². The van der Waals surface area contributed by atoms with E-state index in [9.17, 15) is 14.0 Å². The van der Waals surface area contributed by atoms with Crippen molar-refractivity contribution in [3.63, 3.8) is 0 Å². The fourth-order valence-electron chi connectivity index (χ4n) is 3.63. The molecule has 3 rings (SSSR count). The number of carbonyl (C=O) groups is 2. The molecule has 2 aromatic carbocycles. The maximum atomic E-state index is 13.7. The van der Waals surface area contributed by atoms with Crippen molar-refractivity contribution >= 4 is 40.9 Å². The maximum Gasteiger partial charge on any atom is 0.328 e. The third-order valence-corrected chi connectivity index (χ3v) is 7.43. The minimum absolute atomic E-state index is 0.0594. The lowest BCUT2D eigenvalue weighted by molar-refractivity contribution is -0.150. The van der Waals surface area contributed by atoms with Gasteiger partial charge >= 0.3 is 11.9 Å². The molecule has 0 fully saturated rings. The van der Waals surface area contributed by atoms with E-state index in [1.807, 2.05) is 44.2 Å². The molecule has 38 heavy (non-hydrogen) atoms. The summed E-state index contributed by atoms with van der Waals surface area (Å²) >= 11 is 6.95. The fraction of sp³-hybridized carbons (Fsp3) is 0.286. The van der Waals surface area contributed by atoms with E-state index in [0.717, 1.165) is 16.0 Å². The summed E-state index contributed by atoms with van der Waals surface area (Å²) in [6.07, 6.45) is 0.919. The van der Waals surface area contributed by atoms with E-state index >= 15 is 0 Å². The highest BCUT2D eigenvalue weighted by molar-refractivity contribution is 7.99. The SMILES string of the molecule is COc1ccnc(C(=S)N[C@@H](C)C(=O)O[C@@H](C)[C@H](Sc2ccc(F)cc2C)c2ccccc2)c1OC(C)=O. The van der Waals surface area contributed by atoms with Crippen molar-refractivity contribution in [2.75, 3.05) is 7.11 Å². The Labute approximate surface area is 231 Å². The van der Waals surface area contributed by atoms with Crippen molar-refractivity contribution in [1.82, 2.24) is 10.3 Å². The number of thiocarbonyl (C=S) groups is 1. The van der Waals surface area contributed by atoms with Crippen LogP contribution in [-0.4, -0.2) is 41.2 Å². The van der Waals surface area contributed by atoms with Crippen LogP contribution < -0.4 is 14.8 Å². The largest absolute Gasteiger partial charge is 0.493 e. The van der Waals surface area contributed by atoms with Gasteiger partial charge in [0.1, 0.15) is 28.6 Å². The smallest absolute Gasteiger partial charge is 0.328 e. The number of rotatable bonds is 10. The first-order valence-electron chi connectivity index (χ1n) is 11.8. The molecule has 200 valence electrons. The molecule has 1 heterocycles. The van der Waals surface area contributed by atoms with E-state index < -0.39 is 24.1 Å². The molecular formula is C28H29FN2O5S2. The number of hydrogen-bond acceptors (Lipinski definition) is 8. The Hall–Kier alpha value is -3.50. The number of aromatic nitrogens is 1. The van der Waals surface area contributed by atoms with Gasteiger partial charge in [0.25, 0.3) is 0 Å². The molecule has 10 heteroatoms. The van der Waals surface area contributed by atoms with Crippen LogP contribution in [0, 0.1) is 12.7 Å². The van der Waals surface area contributed by atoms with Crippen LogP contribution in [0.5, 0.6) is 11.5 Å². The number of nitrogens with one attached hydrogen (secondary N) is 1. The molecule has 0 unspecified atom stereocenters. The Balaban J connectivity index is 1.76. The van der Waals surface area contributed by atoms with Gasteiger partial charge in [-0.3, -0.25) is 4.79 Å². The Bertz CT molecular complexity index is 1310. The predicted molar refractivity (Wildman–Crippen MR) is 148 cm³/mol. The van der Waals surface area contributed by atoms with E-state index in [1.54, 1.807) is 13.0 Å². The van der Waals surface area contributed by atoms with Crippen LogP contribution in [0.3, 0.4) is 0 Å². The van der Waals surface area contributed by atoms with E-state index in [-0.39, 0.29) is 33.2 Å². The summed E-state index contributed by atoms with van der Waals surface area (Å²) in [7, 11) is 1.43. The van der Waals surface area contributed by atoms with Gasteiger partial charge in [-0.15, -0.1) is 11.8 Å². The average Bonchev–Trinajstić information content (AvgIpc) is 2.88. The number of esters is 2. The molecule has 0 aliphatic rings. The Morgan fingerprint density at radius 3 is 2.45 bits per heavy atom. The monoisotopic (exact) mass is 556 g/mol. The van der Waals surface area contributed by atoms with Crippen LogP contribution in [0.2, 0.25) is 0 Å². The second-order valence-corrected chi connectivity index (χ2v) is 10.1. The van der Waals surface area contributed by atoms with Gasteiger partial charge in [-0.25, -0.2) is 14.2 Å². The van der Waals surface area contributed by atoms with Crippen molar-refractivity contribution in [1.29, 1.82) is 0 Å². The second-order valence-electron chi connectivity index (χ2n) is 8.48. The predicted octanol–water partition coefficient (Wildman–Crippen LogP) is 5.58. The molecule has 1 N–H and O–H groups in total. The zero-order chi connectivity index (χ0) is 27.8. The highest BCUT2D eigenvalue weighted by atomic mass is 32.2. The Morgan fingerprint density at radius 1 is 1.11 bits per heavy atom. The number of benzene rings is 2. The zero-order valence-corrected chi connectivity index (χ0v) is 23.3. The summed E-state index contributed by atoms with van der Waals surface area (Å²) in [4.78, 5) is 29.8. The van der Waals surface area contributed by atoms with Gasteiger partial charge in [-0.1, -0.05) is 42.5 Å². The lowest BCUT2D eigenvalue weighted by Crippen LogP contribution is -2.41. The van der Waals surface area contributed by atoms with Crippen LogP contribution in [-0.2, 0) is 14.3 Å². The van der Waals surface area contributed by atoms with E-state index in [1.165, 1.54) is 50.2 Å². The third kappa shape index (κ3) is 7.52. The van der Waals surface area contributed by atoms with Crippen LogP contribution >= 0.6 is 24.0 Å². The summed E-state index contributed by atoms with van der Waals surface area (Å²) in [6, 6.07) is 15.0. The molecule has 0 radical (unpaired) electrons. The molecule has 0 aliphatic heterocycles. The topological polar surface area (TPSA) is 86.8 Å². The highest BCUT2D eigenvalue weighted by Crippen LogP contribution is 2.40. The van der Waals surface area contributed by atoms with Crippen molar-refractivity contribution in [2.45, 2.75) is 50.0 Å². The second kappa shape index (κ2) is 13.3. The van der Waals surface area contributed by atoms with Crippen molar-refractivity contribution in [3.8, 4) is 11.5 Å². The fourth-order valence-corrected chi connectivity index (χ4v) is 5.15. The maximum absolute atomic E-state index is 13.7. The number of nitrogens with zero attached hydrogens (tertiary/aromatic N) is 1. The summed E-state index contributed by atoms with van der Waals surface area (Å²) in [5.74, 6) is -1.07. The first kappa shape index (κ1) is 29.1. The summed E-state index contributed by atoms with van der Waals surface area (Å²) in [5, 5.41) is 2.66. The van der Waals surface area contributed by atoms with Gasteiger partial charge in [-0.2, -0.15) is 0 Å². The molecule has 0 saturated heterocycles.